The number of benzene rings is 2. The minimum absolute atomic E-state index is 0.0145. The van der Waals surface area contributed by atoms with Crippen LogP contribution in [0.4, 0.5) is 5.69 Å². The van der Waals surface area contributed by atoms with Gasteiger partial charge in [0.05, 0.1) is 50.4 Å². The van der Waals surface area contributed by atoms with E-state index >= 15 is 0 Å². The molecule has 2 aliphatic heterocycles. The zero-order valence-electron chi connectivity index (χ0n) is 18.8. The number of anilines is 1. The van der Waals surface area contributed by atoms with Crippen molar-refractivity contribution in [1.29, 1.82) is 0 Å². The van der Waals surface area contributed by atoms with E-state index < -0.39 is 15.9 Å². The van der Waals surface area contributed by atoms with Gasteiger partial charge >= 0.3 is 0 Å². The van der Waals surface area contributed by atoms with E-state index in [1.807, 2.05) is 23.1 Å². The first-order valence-electron chi connectivity index (χ1n) is 10.6. The van der Waals surface area contributed by atoms with Gasteiger partial charge in [-0.1, -0.05) is 11.6 Å². The van der Waals surface area contributed by atoms with Gasteiger partial charge in [-0.2, -0.15) is 0 Å². The SMILES string of the molecule is COc1ccc(OC)c(CCN2CC(=O)N(c3ccc(OC)c(Cl)c3)C3CS(=O)(=O)CC32)c1. The number of nitrogens with zero attached hydrogens (tertiary/aromatic N) is 2. The van der Waals surface area contributed by atoms with Crippen molar-refractivity contribution >= 4 is 33.0 Å². The van der Waals surface area contributed by atoms with Crippen LogP contribution in [0.5, 0.6) is 17.2 Å². The third-order valence-corrected chi connectivity index (χ3v) is 8.26. The molecule has 2 unspecified atom stereocenters. The van der Waals surface area contributed by atoms with Gasteiger partial charge in [0, 0.05) is 18.3 Å². The van der Waals surface area contributed by atoms with E-state index in [4.69, 9.17) is 25.8 Å². The molecular formula is C23H27ClN2O6S. The molecule has 0 saturated carbocycles. The van der Waals surface area contributed by atoms with Crippen LogP contribution < -0.4 is 19.1 Å². The lowest BCUT2D eigenvalue weighted by atomic mass is 10.0. The summed E-state index contributed by atoms with van der Waals surface area (Å²) >= 11 is 6.28. The number of ether oxygens (including phenoxy) is 3. The molecule has 33 heavy (non-hydrogen) atoms. The summed E-state index contributed by atoms with van der Waals surface area (Å²) in [6, 6.07) is 9.86. The summed E-state index contributed by atoms with van der Waals surface area (Å²) in [6.07, 6.45) is 0.589. The van der Waals surface area contributed by atoms with Crippen molar-refractivity contribution in [1.82, 2.24) is 4.90 Å². The quantitative estimate of drug-likeness (QED) is 0.584. The van der Waals surface area contributed by atoms with Gasteiger partial charge in [-0.3, -0.25) is 9.69 Å². The maximum atomic E-state index is 13.2. The molecule has 2 saturated heterocycles. The Balaban J connectivity index is 1.60. The van der Waals surface area contributed by atoms with Crippen LogP contribution in [0.1, 0.15) is 5.56 Å². The van der Waals surface area contributed by atoms with Crippen molar-refractivity contribution in [3.63, 3.8) is 0 Å². The highest BCUT2D eigenvalue weighted by molar-refractivity contribution is 7.91. The number of rotatable bonds is 7. The van der Waals surface area contributed by atoms with Gasteiger partial charge in [0.15, 0.2) is 9.84 Å². The summed E-state index contributed by atoms with van der Waals surface area (Å²) in [5, 5.41) is 0.368. The van der Waals surface area contributed by atoms with E-state index in [-0.39, 0.29) is 30.0 Å². The first kappa shape index (κ1) is 23.7. The molecule has 0 aromatic heterocycles. The van der Waals surface area contributed by atoms with Crippen molar-refractivity contribution in [3.8, 4) is 17.2 Å². The molecule has 0 N–H and O–H groups in total. The molecule has 10 heteroatoms. The van der Waals surface area contributed by atoms with Crippen molar-refractivity contribution in [2.75, 3.05) is 50.8 Å². The van der Waals surface area contributed by atoms with E-state index in [0.717, 1.165) is 11.3 Å². The molecular weight excluding hydrogens is 468 g/mol. The standard InChI is InChI=1S/C23H27ClN2O6S/c1-30-17-5-7-21(31-2)15(10-17)8-9-25-12-23(27)26(20-14-33(28,29)13-19(20)25)16-4-6-22(32-3)18(24)11-16/h4-7,10-11,19-20H,8-9,12-14H2,1-3H3. The number of sulfone groups is 1. The highest BCUT2D eigenvalue weighted by atomic mass is 35.5. The maximum Gasteiger partial charge on any atom is 0.241 e. The molecule has 0 radical (unpaired) electrons. The van der Waals surface area contributed by atoms with Gasteiger partial charge in [0.2, 0.25) is 5.91 Å². The molecule has 2 atom stereocenters. The Labute approximate surface area is 198 Å². The lowest BCUT2D eigenvalue weighted by Crippen LogP contribution is -2.62. The fraction of sp³-hybridized carbons (Fsp3) is 0.435. The van der Waals surface area contributed by atoms with Crippen molar-refractivity contribution < 1.29 is 27.4 Å². The predicted molar refractivity (Wildman–Crippen MR) is 127 cm³/mol. The number of carbonyl (C=O) groups is 1. The summed E-state index contributed by atoms with van der Waals surface area (Å²) in [6.45, 7) is 0.635. The van der Waals surface area contributed by atoms with Crippen LogP contribution in [0.2, 0.25) is 5.02 Å². The first-order valence-corrected chi connectivity index (χ1v) is 12.8. The molecule has 8 nitrogen and oxygen atoms in total. The van der Waals surface area contributed by atoms with E-state index in [9.17, 15) is 13.2 Å². The topological polar surface area (TPSA) is 85.4 Å². The second-order valence-electron chi connectivity index (χ2n) is 8.19. The summed E-state index contributed by atoms with van der Waals surface area (Å²) in [4.78, 5) is 16.8. The third kappa shape index (κ3) is 4.76. The molecule has 178 valence electrons. The Hall–Kier alpha value is -2.49. The van der Waals surface area contributed by atoms with Gasteiger partial charge in [0.1, 0.15) is 17.2 Å². The zero-order valence-corrected chi connectivity index (χ0v) is 20.4. The average Bonchev–Trinajstić information content (AvgIpc) is 3.11. The third-order valence-electron chi connectivity index (χ3n) is 6.27. The lowest BCUT2D eigenvalue weighted by Gasteiger charge is -2.43. The van der Waals surface area contributed by atoms with E-state index in [1.165, 1.54) is 7.11 Å². The minimum Gasteiger partial charge on any atom is -0.497 e. The minimum atomic E-state index is -3.29. The van der Waals surface area contributed by atoms with Crippen LogP contribution in [-0.2, 0) is 21.1 Å². The Morgan fingerprint density at radius 1 is 0.970 bits per heavy atom. The van der Waals surface area contributed by atoms with Crippen LogP contribution in [-0.4, -0.2) is 77.2 Å². The van der Waals surface area contributed by atoms with Gasteiger partial charge in [-0.05, 0) is 48.4 Å². The van der Waals surface area contributed by atoms with Gasteiger partial charge in [0.25, 0.3) is 0 Å². The fourth-order valence-corrected chi connectivity index (χ4v) is 6.92. The molecule has 1 amide bonds. The number of halogens is 1. The van der Waals surface area contributed by atoms with Crippen LogP contribution >= 0.6 is 11.6 Å². The molecule has 4 rings (SSSR count). The Kier molecular flexibility index (Phi) is 6.74. The van der Waals surface area contributed by atoms with E-state index in [1.54, 1.807) is 37.3 Å². The normalized spacial score (nSPS) is 22.2. The summed E-state index contributed by atoms with van der Waals surface area (Å²) in [5.41, 5.74) is 1.51. The largest absolute Gasteiger partial charge is 0.497 e. The van der Waals surface area contributed by atoms with Crippen molar-refractivity contribution in [3.05, 3.63) is 47.0 Å². The number of carbonyl (C=O) groups excluding carboxylic acids is 1. The van der Waals surface area contributed by atoms with Crippen molar-refractivity contribution in [2.24, 2.45) is 0 Å². The molecule has 2 aromatic carbocycles. The van der Waals surface area contributed by atoms with Crippen LogP contribution in [0.3, 0.4) is 0 Å². The number of fused-ring (bicyclic) bond motifs is 1. The van der Waals surface area contributed by atoms with E-state index in [2.05, 4.69) is 0 Å². The molecule has 0 spiro atoms. The average molecular weight is 495 g/mol. The molecule has 0 bridgehead atoms. The fourth-order valence-electron chi connectivity index (χ4n) is 4.68. The van der Waals surface area contributed by atoms with Gasteiger partial charge in [-0.15, -0.1) is 0 Å². The number of piperazine rings is 1. The molecule has 2 aliphatic rings. The molecule has 0 aliphatic carbocycles. The Morgan fingerprint density at radius 3 is 2.33 bits per heavy atom. The highest BCUT2D eigenvalue weighted by Crippen LogP contribution is 2.35. The monoisotopic (exact) mass is 494 g/mol. The number of methoxy groups -OCH3 is 3. The molecule has 2 aromatic rings. The van der Waals surface area contributed by atoms with E-state index in [0.29, 0.717) is 35.2 Å². The number of hydrogen-bond donors (Lipinski definition) is 0. The van der Waals surface area contributed by atoms with Crippen LogP contribution in [0.25, 0.3) is 0 Å². The van der Waals surface area contributed by atoms with Crippen LogP contribution in [0.15, 0.2) is 36.4 Å². The first-order chi connectivity index (χ1) is 15.8. The van der Waals surface area contributed by atoms with Gasteiger partial charge in [-0.25, -0.2) is 8.42 Å². The van der Waals surface area contributed by atoms with Crippen molar-refractivity contribution in [2.45, 2.75) is 18.5 Å². The smallest absolute Gasteiger partial charge is 0.241 e. The zero-order chi connectivity index (χ0) is 23.8. The number of hydrogen-bond acceptors (Lipinski definition) is 7. The Bertz CT molecular complexity index is 1160. The Morgan fingerprint density at radius 2 is 1.67 bits per heavy atom. The maximum absolute atomic E-state index is 13.2. The summed E-state index contributed by atoms with van der Waals surface area (Å²) in [5.74, 6) is 1.71. The second-order valence-corrected chi connectivity index (χ2v) is 10.8. The predicted octanol–water partition coefficient (Wildman–Crippen LogP) is 2.42. The highest BCUT2D eigenvalue weighted by Gasteiger charge is 2.49. The lowest BCUT2D eigenvalue weighted by molar-refractivity contribution is -0.123. The number of amides is 1. The van der Waals surface area contributed by atoms with Gasteiger partial charge < -0.3 is 19.1 Å². The summed E-state index contributed by atoms with van der Waals surface area (Å²) in [7, 11) is 1.43. The summed E-state index contributed by atoms with van der Waals surface area (Å²) < 4.78 is 41.2. The van der Waals surface area contributed by atoms with Crippen LogP contribution in [0, 0.1) is 0 Å². The molecule has 2 fully saturated rings. The second kappa shape index (κ2) is 9.40. The molecule has 2 heterocycles.